The van der Waals surface area contributed by atoms with E-state index in [9.17, 15) is 4.79 Å². The number of hydrogen-bond donors (Lipinski definition) is 0. The van der Waals surface area contributed by atoms with Crippen LogP contribution in [0.25, 0.3) is 11.3 Å². The molecule has 2 aromatic heterocycles. The Bertz CT molecular complexity index is 900. The molecule has 1 saturated carbocycles. The number of amides is 1. The summed E-state index contributed by atoms with van der Waals surface area (Å²) in [5.74, 6) is 0.920. The summed E-state index contributed by atoms with van der Waals surface area (Å²) in [6, 6.07) is 14.0. The van der Waals surface area contributed by atoms with Gasteiger partial charge in [0.2, 0.25) is 0 Å². The Morgan fingerprint density at radius 1 is 1.07 bits per heavy atom. The van der Waals surface area contributed by atoms with Crippen molar-refractivity contribution in [2.75, 3.05) is 19.0 Å². The quantitative estimate of drug-likeness (QED) is 0.649. The van der Waals surface area contributed by atoms with Crippen LogP contribution in [0.15, 0.2) is 53.2 Å². The van der Waals surface area contributed by atoms with Crippen molar-refractivity contribution in [3.8, 4) is 11.3 Å². The predicted octanol–water partition coefficient (Wildman–Crippen LogP) is 4.08. The fraction of sp³-hybridized carbons (Fsp3) is 0.286. The Kier molecular flexibility index (Phi) is 4.90. The molecule has 0 unspecified atom stereocenters. The Hall–Kier alpha value is -2.73. The van der Waals surface area contributed by atoms with Gasteiger partial charge in [0.05, 0.1) is 5.69 Å². The zero-order valence-electron chi connectivity index (χ0n) is 15.5. The zero-order chi connectivity index (χ0) is 18.8. The number of benzene rings is 1. The lowest BCUT2D eigenvalue weighted by Crippen LogP contribution is -2.32. The summed E-state index contributed by atoms with van der Waals surface area (Å²) in [4.78, 5) is 16.9. The van der Waals surface area contributed by atoms with Gasteiger partial charge < -0.3 is 9.80 Å². The van der Waals surface area contributed by atoms with E-state index in [2.05, 4.69) is 27.0 Å². The third-order valence-corrected chi connectivity index (χ3v) is 5.45. The molecule has 0 N–H and O–H groups in total. The van der Waals surface area contributed by atoms with Crippen LogP contribution in [0.5, 0.6) is 0 Å². The molecule has 1 aromatic carbocycles. The molecular weight excluding hydrogens is 356 g/mol. The molecule has 1 amide bonds. The molecule has 0 radical (unpaired) electrons. The van der Waals surface area contributed by atoms with Crippen molar-refractivity contribution in [3.05, 3.63) is 64.4 Å². The van der Waals surface area contributed by atoms with E-state index in [4.69, 9.17) is 0 Å². The highest BCUT2D eigenvalue weighted by Gasteiger charge is 2.33. The van der Waals surface area contributed by atoms with Crippen LogP contribution in [0.4, 0.5) is 5.82 Å². The molecule has 3 aromatic rings. The lowest BCUT2D eigenvalue weighted by atomic mass is 10.1. The van der Waals surface area contributed by atoms with E-state index in [-0.39, 0.29) is 5.91 Å². The monoisotopic (exact) mass is 378 g/mol. The molecule has 27 heavy (non-hydrogen) atoms. The van der Waals surface area contributed by atoms with Gasteiger partial charge >= 0.3 is 0 Å². The average molecular weight is 379 g/mol. The van der Waals surface area contributed by atoms with E-state index in [1.165, 1.54) is 5.56 Å². The Morgan fingerprint density at radius 3 is 2.41 bits per heavy atom. The second-order valence-corrected chi connectivity index (χ2v) is 7.82. The number of hydrogen-bond acceptors (Lipinski definition) is 5. The summed E-state index contributed by atoms with van der Waals surface area (Å²) < 4.78 is 0. The molecule has 1 aliphatic rings. The van der Waals surface area contributed by atoms with Gasteiger partial charge in [-0.1, -0.05) is 12.1 Å². The summed E-state index contributed by atoms with van der Waals surface area (Å²) >= 11 is 1.67. The van der Waals surface area contributed by atoms with Crippen LogP contribution in [0.3, 0.4) is 0 Å². The number of rotatable bonds is 6. The second kappa shape index (κ2) is 7.48. The largest absolute Gasteiger partial charge is 0.361 e. The summed E-state index contributed by atoms with van der Waals surface area (Å²) in [5.41, 5.74) is 3.68. The number of carbonyl (C=O) groups excluding carboxylic acids is 1. The summed E-state index contributed by atoms with van der Waals surface area (Å²) in [6.45, 7) is 0.687. The molecule has 0 aliphatic heterocycles. The van der Waals surface area contributed by atoms with Crippen molar-refractivity contribution in [1.82, 2.24) is 15.1 Å². The molecular formula is C21H22N4OS. The number of thiophene rings is 1. The van der Waals surface area contributed by atoms with Crippen LogP contribution in [-0.2, 0) is 6.54 Å². The van der Waals surface area contributed by atoms with Crippen molar-refractivity contribution in [2.24, 2.45) is 0 Å². The highest BCUT2D eigenvalue weighted by atomic mass is 32.1. The minimum Gasteiger partial charge on any atom is -0.361 e. The van der Waals surface area contributed by atoms with E-state index in [0.717, 1.165) is 35.5 Å². The first-order chi connectivity index (χ1) is 13.1. The normalized spacial score (nSPS) is 13.4. The van der Waals surface area contributed by atoms with Gasteiger partial charge in [-0.25, -0.2) is 0 Å². The molecule has 0 bridgehead atoms. The summed E-state index contributed by atoms with van der Waals surface area (Å²) in [5, 5.41) is 12.7. The molecule has 0 saturated heterocycles. The highest BCUT2D eigenvalue weighted by molar-refractivity contribution is 7.07. The van der Waals surface area contributed by atoms with E-state index in [0.29, 0.717) is 12.6 Å². The van der Waals surface area contributed by atoms with Gasteiger partial charge in [-0.3, -0.25) is 4.79 Å². The third kappa shape index (κ3) is 4.01. The van der Waals surface area contributed by atoms with Crippen molar-refractivity contribution < 1.29 is 4.79 Å². The first-order valence-electron chi connectivity index (χ1n) is 9.05. The van der Waals surface area contributed by atoms with Crippen molar-refractivity contribution in [1.29, 1.82) is 0 Å². The van der Waals surface area contributed by atoms with Crippen molar-refractivity contribution >= 4 is 23.1 Å². The maximum Gasteiger partial charge on any atom is 0.254 e. The standard InChI is InChI=1S/C21H22N4OS/c1-24(2)20-10-9-19(22-23-20)16-3-5-17(6-4-16)21(26)25(18-7-8-18)13-15-11-12-27-14-15/h3-6,9-12,14,18H,7-8,13H2,1-2H3. The lowest BCUT2D eigenvalue weighted by molar-refractivity contribution is 0.0730. The molecule has 138 valence electrons. The summed E-state index contributed by atoms with van der Waals surface area (Å²) in [6.07, 6.45) is 2.20. The van der Waals surface area contributed by atoms with E-state index >= 15 is 0 Å². The van der Waals surface area contributed by atoms with Crippen molar-refractivity contribution in [2.45, 2.75) is 25.4 Å². The van der Waals surface area contributed by atoms with Gasteiger partial charge in [-0.05, 0) is 59.5 Å². The first kappa shape index (κ1) is 17.7. The smallest absolute Gasteiger partial charge is 0.254 e. The van der Waals surface area contributed by atoms with Crippen LogP contribution in [0.1, 0.15) is 28.8 Å². The number of aromatic nitrogens is 2. The first-order valence-corrected chi connectivity index (χ1v) is 9.99. The van der Waals surface area contributed by atoms with Crippen LogP contribution >= 0.6 is 11.3 Å². The minimum atomic E-state index is 0.101. The topological polar surface area (TPSA) is 49.3 Å². The van der Waals surface area contributed by atoms with Gasteiger partial charge in [0.25, 0.3) is 5.91 Å². The Labute approximate surface area is 163 Å². The number of carbonyl (C=O) groups is 1. The highest BCUT2D eigenvalue weighted by Crippen LogP contribution is 2.30. The molecule has 2 heterocycles. The van der Waals surface area contributed by atoms with Gasteiger partial charge in [0.1, 0.15) is 0 Å². The molecule has 1 fully saturated rings. The average Bonchev–Trinajstić information content (AvgIpc) is 3.41. The zero-order valence-corrected chi connectivity index (χ0v) is 16.3. The van der Waals surface area contributed by atoms with Crippen LogP contribution in [0, 0.1) is 0 Å². The minimum absolute atomic E-state index is 0.101. The SMILES string of the molecule is CN(C)c1ccc(-c2ccc(C(=O)N(Cc3ccsc3)C3CC3)cc2)nn1. The maximum atomic E-state index is 13.0. The molecule has 6 heteroatoms. The van der Waals surface area contributed by atoms with Gasteiger partial charge in [0, 0.05) is 37.8 Å². The van der Waals surface area contributed by atoms with Crippen LogP contribution in [-0.4, -0.2) is 41.1 Å². The van der Waals surface area contributed by atoms with Crippen LogP contribution < -0.4 is 4.90 Å². The maximum absolute atomic E-state index is 13.0. The fourth-order valence-electron chi connectivity index (χ4n) is 3.00. The Morgan fingerprint density at radius 2 is 1.85 bits per heavy atom. The number of nitrogens with zero attached hydrogens (tertiary/aromatic N) is 4. The number of anilines is 1. The lowest BCUT2D eigenvalue weighted by Gasteiger charge is -2.22. The molecule has 4 rings (SSSR count). The van der Waals surface area contributed by atoms with Crippen LogP contribution in [0.2, 0.25) is 0 Å². The second-order valence-electron chi connectivity index (χ2n) is 7.04. The molecule has 0 spiro atoms. The Balaban J connectivity index is 1.51. The van der Waals surface area contributed by atoms with E-state index < -0.39 is 0 Å². The molecule has 5 nitrogen and oxygen atoms in total. The molecule has 1 aliphatic carbocycles. The van der Waals surface area contributed by atoms with Gasteiger partial charge in [-0.2, -0.15) is 11.3 Å². The fourth-order valence-corrected chi connectivity index (χ4v) is 3.66. The van der Waals surface area contributed by atoms with Crippen molar-refractivity contribution in [3.63, 3.8) is 0 Å². The third-order valence-electron chi connectivity index (χ3n) is 4.72. The summed E-state index contributed by atoms with van der Waals surface area (Å²) in [7, 11) is 3.87. The van der Waals surface area contributed by atoms with E-state index in [1.54, 1.807) is 11.3 Å². The molecule has 0 atom stereocenters. The van der Waals surface area contributed by atoms with Gasteiger partial charge in [0.15, 0.2) is 5.82 Å². The predicted molar refractivity (Wildman–Crippen MR) is 109 cm³/mol. The van der Waals surface area contributed by atoms with E-state index in [1.807, 2.05) is 60.3 Å². The van der Waals surface area contributed by atoms with Gasteiger partial charge in [-0.15, -0.1) is 10.2 Å².